The van der Waals surface area contributed by atoms with Gasteiger partial charge in [-0.3, -0.25) is 9.59 Å². The monoisotopic (exact) mass is 475 g/mol. The fourth-order valence-corrected chi connectivity index (χ4v) is 4.55. The minimum absolute atomic E-state index is 0.120. The molecule has 0 saturated carbocycles. The maximum atomic E-state index is 13.1. The molecular formula is C24H33N3O5S. The summed E-state index contributed by atoms with van der Waals surface area (Å²) in [5.41, 5.74) is 0.865. The third-order valence-electron chi connectivity index (χ3n) is 5.35. The molecule has 0 aliphatic carbocycles. The topological polar surface area (TPSA) is 96.0 Å². The normalized spacial score (nSPS) is 12.3. The zero-order chi connectivity index (χ0) is 24.4. The van der Waals surface area contributed by atoms with Gasteiger partial charge >= 0.3 is 0 Å². The Hall–Kier alpha value is -2.91. The van der Waals surface area contributed by atoms with E-state index >= 15 is 0 Å². The molecule has 1 atom stereocenters. The van der Waals surface area contributed by atoms with Crippen molar-refractivity contribution in [1.29, 1.82) is 0 Å². The van der Waals surface area contributed by atoms with Gasteiger partial charge in [-0.25, -0.2) is 12.7 Å². The lowest BCUT2D eigenvalue weighted by atomic mass is 10.1. The lowest BCUT2D eigenvalue weighted by Crippen LogP contribution is -2.47. The van der Waals surface area contributed by atoms with Gasteiger partial charge in [-0.05, 0) is 50.1 Å². The van der Waals surface area contributed by atoms with Crippen molar-refractivity contribution in [3.05, 3.63) is 60.2 Å². The van der Waals surface area contributed by atoms with E-state index < -0.39 is 16.1 Å². The maximum Gasteiger partial charge on any atom is 0.242 e. The van der Waals surface area contributed by atoms with E-state index in [4.69, 9.17) is 4.74 Å². The van der Waals surface area contributed by atoms with Crippen LogP contribution < -0.4 is 10.1 Å². The summed E-state index contributed by atoms with van der Waals surface area (Å²) in [6.45, 7) is 4.44. The first-order valence-electron chi connectivity index (χ1n) is 10.9. The number of ether oxygens (including phenoxy) is 1. The molecule has 2 aromatic carbocycles. The van der Waals surface area contributed by atoms with E-state index in [1.165, 1.54) is 16.3 Å². The highest BCUT2D eigenvalue weighted by atomic mass is 32.2. The fraction of sp³-hybridized carbons (Fsp3) is 0.417. The molecule has 2 rings (SSSR count). The molecular weight excluding hydrogens is 442 g/mol. The van der Waals surface area contributed by atoms with Crippen LogP contribution in [0.3, 0.4) is 0 Å². The van der Waals surface area contributed by atoms with Crippen LogP contribution >= 0.6 is 0 Å². The van der Waals surface area contributed by atoms with Gasteiger partial charge in [0.15, 0.2) is 0 Å². The van der Waals surface area contributed by atoms with Crippen LogP contribution in [-0.2, 0) is 26.2 Å². The number of sulfonamides is 1. The molecule has 0 radical (unpaired) electrons. The van der Waals surface area contributed by atoms with Gasteiger partial charge in [0.05, 0.1) is 12.0 Å². The van der Waals surface area contributed by atoms with Crippen molar-refractivity contribution in [3.8, 4) is 5.75 Å². The molecule has 0 aromatic heterocycles. The highest BCUT2D eigenvalue weighted by Gasteiger charge is 2.26. The van der Waals surface area contributed by atoms with Gasteiger partial charge in [-0.15, -0.1) is 0 Å². The molecule has 0 aliphatic rings. The van der Waals surface area contributed by atoms with Gasteiger partial charge < -0.3 is 15.0 Å². The van der Waals surface area contributed by atoms with Crippen molar-refractivity contribution in [2.75, 3.05) is 27.2 Å². The SMILES string of the molecule is CCNC(=O)[C@@H](C)N(Cc1ccc(OC)cc1)C(=O)CCCN(C)S(=O)(=O)c1ccccc1. The molecule has 180 valence electrons. The number of benzene rings is 2. The minimum Gasteiger partial charge on any atom is -0.497 e. The number of carbonyl (C=O) groups is 2. The van der Waals surface area contributed by atoms with Crippen LogP contribution in [0.5, 0.6) is 5.75 Å². The first kappa shape index (κ1) is 26.3. The third-order valence-corrected chi connectivity index (χ3v) is 7.22. The van der Waals surface area contributed by atoms with Gasteiger partial charge in [0.25, 0.3) is 0 Å². The van der Waals surface area contributed by atoms with E-state index in [1.54, 1.807) is 56.5 Å². The summed E-state index contributed by atoms with van der Waals surface area (Å²) in [4.78, 5) is 27.3. The average Bonchev–Trinajstić information content (AvgIpc) is 2.82. The summed E-state index contributed by atoms with van der Waals surface area (Å²) >= 11 is 0. The number of rotatable bonds is 12. The number of nitrogens with one attached hydrogen (secondary N) is 1. The Morgan fingerprint density at radius 1 is 1.06 bits per heavy atom. The Labute approximate surface area is 196 Å². The number of likely N-dealkylation sites (N-methyl/N-ethyl adjacent to an activating group) is 1. The second kappa shape index (κ2) is 12.4. The van der Waals surface area contributed by atoms with Crippen molar-refractivity contribution in [2.24, 2.45) is 0 Å². The summed E-state index contributed by atoms with van der Waals surface area (Å²) in [5, 5.41) is 2.76. The first-order chi connectivity index (χ1) is 15.7. The summed E-state index contributed by atoms with van der Waals surface area (Å²) in [5.74, 6) is 0.259. The maximum absolute atomic E-state index is 13.1. The van der Waals surface area contributed by atoms with Crippen molar-refractivity contribution in [3.63, 3.8) is 0 Å². The van der Waals surface area contributed by atoms with Gasteiger partial charge in [0, 0.05) is 33.1 Å². The Bertz CT molecular complexity index is 1010. The number of carbonyl (C=O) groups excluding carboxylic acids is 2. The van der Waals surface area contributed by atoms with E-state index in [1.807, 2.05) is 19.1 Å². The van der Waals surface area contributed by atoms with Crippen LogP contribution in [-0.4, -0.2) is 62.7 Å². The smallest absolute Gasteiger partial charge is 0.242 e. The van der Waals surface area contributed by atoms with Crippen LogP contribution in [0, 0.1) is 0 Å². The standard InChI is InChI=1S/C24H33N3O5S/c1-5-25-24(29)19(2)27(18-20-13-15-21(32-4)16-14-20)23(28)12-9-17-26(3)33(30,31)22-10-7-6-8-11-22/h6-8,10-11,13-16,19H,5,9,12,17-18H2,1-4H3,(H,25,29)/t19-/m1/s1. The van der Waals surface area contributed by atoms with E-state index in [0.29, 0.717) is 18.7 Å². The molecule has 9 heteroatoms. The van der Waals surface area contributed by atoms with Gasteiger partial charge in [-0.2, -0.15) is 0 Å². The Morgan fingerprint density at radius 3 is 2.27 bits per heavy atom. The average molecular weight is 476 g/mol. The predicted molar refractivity (Wildman–Crippen MR) is 127 cm³/mol. The van der Waals surface area contributed by atoms with E-state index in [-0.39, 0.29) is 36.2 Å². The minimum atomic E-state index is -3.62. The lowest BCUT2D eigenvalue weighted by molar-refractivity contribution is -0.140. The third kappa shape index (κ3) is 7.30. The van der Waals surface area contributed by atoms with E-state index in [2.05, 4.69) is 5.32 Å². The molecule has 2 aromatic rings. The predicted octanol–water partition coefficient (Wildman–Crippen LogP) is 2.65. The van der Waals surface area contributed by atoms with Crippen LogP contribution in [0.2, 0.25) is 0 Å². The summed E-state index contributed by atoms with van der Waals surface area (Å²) in [7, 11) is -0.537. The molecule has 0 fully saturated rings. The summed E-state index contributed by atoms with van der Waals surface area (Å²) in [6.07, 6.45) is 0.456. The van der Waals surface area contributed by atoms with E-state index in [0.717, 1.165) is 5.56 Å². The Balaban J connectivity index is 2.06. The van der Waals surface area contributed by atoms with Gasteiger partial charge in [0.1, 0.15) is 11.8 Å². The molecule has 0 unspecified atom stereocenters. The molecule has 0 bridgehead atoms. The molecule has 2 amide bonds. The van der Waals surface area contributed by atoms with Crippen LogP contribution in [0.1, 0.15) is 32.3 Å². The van der Waals surface area contributed by atoms with Crippen molar-refractivity contribution >= 4 is 21.8 Å². The Morgan fingerprint density at radius 2 is 1.70 bits per heavy atom. The van der Waals surface area contributed by atoms with Gasteiger partial charge in [0.2, 0.25) is 21.8 Å². The van der Waals surface area contributed by atoms with Crippen molar-refractivity contribution in [1.82, 2.24) is 14.5 Å². The van der Waals surface area contributed by atoms with E-state index in [9.17, 15) is 18.0 Å². The molecule has 0 heterocycles. The quantitative estimate of drug-likeness (QED) is 0.509. The first-order valence-corrected chi connectivity index (χ1v) is 12.4. The largest absolute Gasteiger partial charge is 0.497 e. The zero-order valence-corrected chi connectivity index (χ0v) is 20.5. The highest BCUT2D eigenvalue weighted by molar-refractivity contribution is 7.89. The van der Waals surface area contributed by atoms with Gasteiger partial charge in [-0.1, -0.05) is 30.3 Å². The summed E-state index contributed by atoms with van der Waals surface area (Å²) < 4.78 is 31.8. The molecule has 1 N–H and O–H groups in total. The summed E-state index contributed by atoms with van der Waals surface area (Å²) in [6, 6.07) is 14.8. The molecule has 0 aliphatic heterocycles. The Kier molecular flexibility index (Phi) is 9.87. The zero-order valence-electron chi connectivity index (χ0n) is 19.7. The second-order valence-electron chi connectivity index (χ2n) is 7.68. The molecule has 0 spiro atoms. The van der Waals surface area contributed by atoms with Crippen LogP contribution in [0.25, 0.3) is 0 Å². The molecule has 0 saturated heterocycles. The second-order valence-corrected chi connectivity index (χ2v) is 9.73. The van der Waals surface area contributed by atoms with Crippen molar-refractivity contribution in [2.45, 2.75) is 44.2 Å². The number of hydrogen-bond acceptors (Lipinski definition) is 5. The number of methoxy groups -OCH3 is 1. The molecule has 33 heavy (non-hydrogen) atoms. The van der Waals surface area contributed by atoms with Crippen LogP contribution in [0.4, 0.5) is 0 Å². The number of nitrogens with zero attached hydrogens (tertiary/aromatic N) is 2. The number of hydrogen-bond donors (Lipinski definition) is 1. The van der Waals surface area contributed by atoms with Crippen molar-refractivity contribution < 1.29 is 22.7 Å². The number of amides is 2. The van der Waals surface area contributed by atoms with Crippen LogP contribution in [0.15, 0.2) is 59.5 Å². The fourth-order valence-electron chi connectivity index (χ4n) is 3.32. The highest BCUT2D eigenvalue weighted by Crippen LogP contribution is 2.17. The molecule has 8 nitrogen and oxygen atoms in total. The lowest BCUT2D eigenvalue weighted by Gasteiger charge is -2.29.